The van der Waals surface area contributed by atoms with E-state index < -0.39 is 12.1 Å². The first-order chi connectivity index (χ1) is 9.38. The molecule has 0 saturated carbocycles. The monoisotopic (exact) mass is 277 g/mol. The maximum Gasteiger partial charge on any atom is 0.337 e. The van der Waals surface area contributed by atoms with Gasteiger partial charge < -0.3 is 19.5 Å². The van der Waals surface area contributed by atoms with Gasteiger partial charge in [-0.15, -0.1) is 0 Å². The molecule has 0 aliphatic rings. The number of methoxy groups -OCH3 is 1. The number of carboxylic acid groups (broad SMARTS) is 1. The van der Waals surface area contributed by atoms with Crippen LogP contribution in [-0.2, 0) is 4.79 Å². The Kier molecular flexibility index (Phi) is 3.72. The van der Waals surface area contributed by atoms with E-state index in [2.05, 4.69) is 0 Å². The summed E-state index contributed by atoms with van der Waals surface area (Å²) in [6, 6.07) is 5.58. The molecule has 2 rings (SSSR count). The van der Waals surface area contributed by atoms with Gasteiger partial charge in [-0.25, -0.2) is 4.79 Å². The van der Waals surface area contributed by atoms with Crippen molar-refractivity contribution in [2.45, 2.75) is 32.9 Å². The minimum atomic E-state index is -1.52. The fourth-order valence-electron chi connectivity index (χ4n) is 2.70. The van der Waals surface area contributed by atoms with E-state index in [9.17, 15) is 9.90 Å². The first kappa shape index (κ1) is 14.4. The minimum absolute atomic E-state index is 0.152. The van der Waals surface area contributed by atoms with Crippen molar-refractivity contribution in [2.24, 2.45) is 0 Å². The Morgan fingerprint density at radius 1 is 1.35 bits per heavy atom. The van der Waals surface area contributed by atoms with Crippen LogP contribution in [0.5, 0.6) is 5.75 Å². The summed E-state index contributed by atoms with van der Waals surface area (Å²) in [5.41, 5.74) is 2.08. The van der Waals surface area contributed by atoms with Crippen molar-refractivity contribution >= 4 is 16.9 Å². The molecule has 0 radical (unpaired) electrons. The zero-order chi connectivity index (χ0) is 15.0. The molecule has 20 heavy (non-hydrogen) atoms. The van der Waals surface area contributed by atoms with Gasteiger partial charge in [0.1, 0.15) is 5.75 Å². The highest BCUT2D eigenvalue weighted by molar-refractivity contribution is 5.91. The first-order valence-electron chi connectivity index (χ1n) is 6.47. The molecule has 2 N–H and O–H groups in total. The summed E-state index contributed by atoms with van der Waals surface area (Å²) < 4.78 is 7.24. The highest BCUT2D eigenvalue weighted by Gasteiger charge is 2.26. The second-order valence-electron chi connectivity index (χ2n) is 5.09. The average molecular weight is 277 g/mol. The highest BCUT2D eigenvalue weighted by atomic mass is 16.5. The molecule has 1 unspecified atom stereocenters. The second-order valence-corrected chi connectivity index (χ2v) is 5.09. The molecule has 0 aliphatic carbocycles. The van der Waals surface area contributed by atoms with Gasteiger partial charge in [0.05, 0.1) is 12.6 Å². The fourth-order valence-corrected chi connectivity index (χ4v) is 2.70. The second kappa shape index (κ2) is 5.17. The first-order valence-corrected chi connectivity index (χ1v) is 6.47. The highest BCUT2D eigenvalue weighted by Crippen LogP contribution is 2.35. The van der Waals surface area contributed by atoms with Gasteiger partial charge in [-0.1, -0.05) is 0 Å². The van der Waals surface area contributed by atoms with Gasteiger partial charge in [0, 0.05) is 28.8 Å². The molecule has 108 valence electrons. The number of rotatable bonds is 4. The molecule has 1 aromatic heterocycles. The minimum Gasteiger partial charge on any atom is -0.497 e. The summed E-state index contributed by atoms with van der Waals surface area (Å²) in [6.07, 6.45) is -1.52. The molecule has 1 heterocycles. The Labute approximate surface area is 117 Å². The lowest BCUT2D eigenvalue weighted by atomic mass is 10.1. The predicted molar refractivity (Wildman–Crippen MR) is 76.2 cm³/mol. The number of hydrogen-bond acceptors (Lipinski definition) is 3. The van der Waals surface area contributed by atoms with Crippen LogP contribution in [-0.4, -0.2) is 27.9 Å². The number of fused-ring (bicyclic) bond motifs is 1. The third-order valence-electron chi connectivity index (χ3n) is 3.53. The van der Waals surface area contributed by atoms with E-state index in [0.29, 0.717) is 11.3 Å². The number of aliphatic hydroxyl groups excluding tert-OH is 1. The van der Waals surface area contributed by atoms with Gasteiger partial charge in [0.15, 0.2) is 6.10 Å². The number of ether oxygens (including phenoxy) is 1. The Balaban J connectivity index is 2.82. The van der Waals surface area contributed by atoms with Crippen molar-refractivity contribution in [3.63, 3.8) is 0 Å². The van der Waals surface area contributed by atoms with Crippen LogP contribution in [0, 0.1) is 6.92 Å². The van der Waals surface area contributed by atoms with E-state index in [1.165, 1.54) is 0 Å². The number of carboxylic acids is 1. The molecule has 0 saturated heterocycles. The molecular weight excluding hydrogens is 258 g/mol. The normalized spacial score (nSPS) is 12.9. The van der Waals surface area contributed by atoms with Gasteiger partial charge in [-0.2, -0.15) is 0 Å². The summed E-state index contributed by atoms with van der Waals surface area (Å²) in [7, 11) is 1.59. The zero-order valence-electron chi connectivity index (χ0n) is 12.0. The van der Waals surface area contributed by atoms with Crippen molar-refractivity contribution in [1.29, 1.82) is 0 Å². The summed E-state index contributed by atoms with van der Waals surface area (Å²) in [5.74, 6) is -0.542. The van der Waals surface area contributed by atoms with Crippen molar-refractivity contribution in [1.82, 2.24) is 4.57 Å². The molecule has 0 amide bonds. The van der Waals surface area contributed by atoms with Crippen LogP contribution in [0.25, 0.3) is 10.9 Å². The third kappa shape index (κ3) is 2.14. The number of hydrogen-bond donors (Lipinski definition) is 2. The molecule has 1 aromatic carbocycles. The molecule has 0 aliphatic heterocycles. The molecule has 0 fully saturated rings. The van der Waals surface area contributed by atoms with E-state index >= 15 is 0 Å². The summed E-state index contributed by atoms with van der Waals surface area (Å²) >= 11 is 0. The summed E-state index contributed by atoms with van der Waals surface area (Å²) in [6.45, 7) is 5.86. The number of carbonyl (C=O) groups is 1. The molecule has 5 nitrogen and oxygen atoms in total. The maximum absolute atomic E-state index is 11.1. The third-order valence-corrected chi connectivity index (χ3v) is 3.53. The van der Waals surface area contributed by atoms with Crippen LogP contribution in [0.4, 0.5) is 0 Å². The number of benzene rings is 1. The van der Waals surface area contributed by atoms with E-state index in [4.69, 9.17) is 9.84 Å². The molecular formula is C15H19NO4. The molecule has 5 heteroatoms. The van der Waals surface area contributed by atoms with Crippen molar-refractivity contribution in [2.75, 3.05) is 7.11 Å². The Bertz CT molecular complexity index is 657. The van der Waals surface area contributed by atoms with Crippen LogP contribution in [0.3, 0.4) is 0 Å². The lowest BCUT2D eigenvalue weighted by Gasteiger charge is -2.13. The summed E-state index contributed by atoms with van der Waals surface area (Å²) in [5, 5.41) is 19.8. The lowest BCUT2D eigenvalue weighted by Crippen LogP contribution is -2.12. The van der Waals surface area contributed by atoms with Gasteiger partial charge in [-0.3, -0.25) is 0 Å². The van der Waals surface area contributed by atoms with Crippen molar-refractivity contribution in [3.05, 3.63) is 29.5 Å². The quantitative estimate of drug-likeness (QED) is 0.901. The largest absolute Gasteiger partial charge is 0.497 e. The van der Waals surface area contributed by atoms with Gasteiger partial charge in [-0.05, 0) is 32.9 Å². The van der Waals surface area contributed by atoms with Crippen LogP contribution < -0.4 is 4.74 Å². The standard InChI is InChI=1S/C15H19NO4/c1-8(2)16-9(3)13(14(17)15(18)19)11-6-5-10(20-4)7-12(11)16/h5-8,14,17H,1-4H3,(H,18,19). The zero-order valence-corrected chi connectivity index (χ0v) is 12.0. The topological polar surface area (TPSA) is 71.7 Å². The smallest absolute Gasteiger partial charge is 0.337 e. The molecule has 0 spiro atoms. The summed E-state index contributed by atoms with van der Waals surface area (Å²) in [4.78, 5) is 11.1. The van der Waals surface area contributed by atoms with Crippen molar-refractivity contribution < 1.29 is 19.7 Å². The van der Waals surface area contributed by atoms with E-state index in [1.807, 2.05) is 31.4 Å². The predicted octanol–water partition coefficient (Wildman–Crippen LogP) is 2.66. The SMILES string of the molecule is COc1ccc2c(C(O)C(=O)O)c(C)n(C(C)C)c2c1. The molecule has 2 aromatic rings. The molecule has 1 atom stereocenters. The van der Waals surface area contributed by atoms with E-state index in [0.717, 1.165) is 16.6 Å². The number of aliphatic hydroxyl groups is 1. The Hall–Kier alpha value is -2.01. The Morgan fingerprint density at radius 2 is 2.00 bits per heavy atom. The number of aliphatic carboxylic acids is 1. The number of nitrogens with zero attached hydrogens (tertiary/aromatic N) is 1. The van der Waals surface area contributed by atoms with Gasteiger partial charge >= 0.3 is 5.97 Å². The fraction of sp³-hybridized carbons (Fsp3) is 0.400. The lowest BCUT2D eigenvalue weighted by molar-refractivity contribution is -0.146. The van der Waals surface area contributed by atoms with Crippen LogP contribution >= 0.6 is 0 Å². The van der Waals surface area contributed by atoms with Crippen LogP contribution in [0.1, 0.15) is 37.3 Å². The average Bonchev–Trinajstić information content (AvgIpc) is 2.68. The Morgan fingerprint density at radius 3 is 2.50 bits per heavy atom. The van der Waals surface area contributed by atoms with Gasteiger partial charge in [0.2, 0.25) is 0 Å². The number of aromatic nitrogens is 1. The maximum atomic E-state index is 11.1. The van der Waals surface area contributed by atoms with E-state index in [1.54, 1.807) is 19.2 Å². The molecule has 0 bridgehead atoms. The van der Waals surface area contributed by atoms with Crippen molar-refractivity contribution in [3.8, 4) is 5.75 Å². The van der Waals surface area contributed by atoms with E-state index in [-0.39, 0.29) is 6.04 Å². The van der Waals surface area contributed by atoms with Crippen LogP contribution in [0.2, 0.25) is 0 Å². The van der Waals surface area contributed by atoms with Crippen LogP contribution in [0.15, 0.2) is 18.2 Å². The van der Waals surface area contributed by atoms with Gasteiger partial charge in [0.25, 0.3) is 0 Å².